The number of pyridine rings is 1. The Labute approximate surface area is 111 Å². The van der Waals surface area contributed by atoms with E-state index in [9.17, 15) is 29.5 Å². The van der Waals surface area contributed by atoms with Gasteiger partial charge in [-0.3, -0.25) is 14.9 Å². The number of phenolic OH excluding ortho intramolecular Hbond substituents is 2. The van der Waals surface area contributed by atoms with Crippen molar-refractivity contribution >= 4 is 11.5 Å². The Kier molecular flexibility index (Phi) is 3.30. The number of nitro benzene ring substituents is 1. The highest BCUT2D eigenvalue weighted by atomic mass is 19.1. The number of rotatable bonds is 3. The summed E-state index contributed by atoms with van der Waals surface area (Å²) in [6.07, 6.45) is 1.07. The van der Waals surface area contributed by atoms with Crippen molar-refractivity contribution in [3.63, 3.8) is 0 Å². The largest absolute Gasteiger partial charge is 0.504 e. The average Bonchev–Trinajstić information content (AvgIpc) is 2.40. The predicted molar refractivity (Wildman–Crippen MR) is 64.1 cm³/mol. The molecule has 2 rings (SSSR count). The molecule has 0 saturated heterocycles. The fraction of sp³-hybridized carbons (Fsp3) is 0. The second-order valence-corrected chi connectivity index (χ2v) is 3.82. The highest BCUT2D eigenvalue weighted by Crippen LogP contribution is 2.36. The van der Waals surface area contributed by atoms with Gasteiger partial charge in [0.25, 0.3) is 0 Å². The highest BCUT2D eigenvalue weighted by Gasteiger charge is 2.22. The highest BCUT2D eigenvalue weighted by molar-refractivity contribution is 6.09. The third kappa shape index (κ3) is 2.39. The van der Waals surface area contributed by atoms with Gasteiger partial charge in [0.05, 0.1) is 4.92 Å². The predicted octanol–water partition coefficient (Wildman–Crippen LogP) is 1.77. The SMILES string of the molecule is O=C(c1ccnc(F)c1)c1cc(O)c(O)c([N+](=O)[O-])c1. The minimum absolute atomic E-state index is 0.0862. The van der Waals surface area contributed by atoms with Gasteiger partial charge in [0.15, 0.2) is 11.5 Å². The van der Waals surface area contributed by atoms with Crippen molar-refractivity contribution in [1.82, 2.24) is 4.98 Å². The van der Waals surface area contributed by atoms with Gasteiger partial charge in [0.2, 0.25) is 11.7 Å². The molecule has 0 unspecified atom stereocenters. The minimum atomic E-state index is -0.945. The van der Waals surface area contributed by atoms with Crippen molar-refractivity contribution in [3.05, 3.63) is 57.7 Å². The van der Waals surface area contributed by atoms with Crippen LogP contribution in [-0.4, -0.2) is 25.9 Å². The van der Waals surface area contributed by atoms with Gasteiger partial charge in [-0.15, -0.1) is 0 Å². The molecule has 1 heterocycles. The van der Waals surface area contributed by atoms with Crippen LogP contribution in [-0.2, 0) is 0 Å². The lowest BCUT2D eigenvalue weighted by atomic mass is 10.0. The van der Waals surface area contributed by atoms with Crippen LogP contribution in [0.25, 0.3) is 0 Å². The van der Waals surface area contributed by atoms with Crippen LogP contribution in [0.4, 0.5) is 10.1 Å². The Morgan fingerprint density at radius 2 is 1.95 bits per heavy atom. The molecular formula is C12H7FN2O5. The Morgan fingerprint density at radius 1 is 1.25 bits per heavy atom. The van der Waals surface area contributed by atoms with E-state index >= 15 is 0 Å². The smallest absolute Gasteiger partial charge is 0.315 e. The number of aromatic hydroxyl groups is 2. The van der Waals surface area contributed by atoms with Gasteiger partial charge in [0, 0.05) is 29.5 Å². The van der Waals surface area contributed by atoms with Crippen molar-refractivity contribution in [2.75, 3.05) is 0 Å². The monoisotopic (exact) mass is 278 g/mol. The summed E-state index contributed by atoms with van der Waals surface area (Å²) < 4.78 is 12.9. The molecule has 0 aliphatic rings. The van der Waals surface area contributed by atoms with Crippen molar-refractivity contribution in [3.8, 4) is 11.5 Å². The number of hydrogen-bond acceptors (Lipinski definition) is 6. The lowest BCUT2D eigenvalue weighted by Gasteiger charge is -2.04. The number of aromatic nitrogens is 1. The Hall–Kier alpha value is -3.03. The van der Waals surface area contributed by atoms with Gasteiger partial charge >= 0.3 is 5.69 Å². The van der Waals surface area contributed by atoms with Crippen molar-refractivity contribution < 1.29 is 24.3 Å². The summed E-state index contributed by atoms with van der Waals surface area (Å²) in [7, 11) is 0. The topological polar surface area (TPSA) is 114 Å². The van der Waals surface area contributed by atoms with Crippen molar-refractivity contribution in [2.24, 2.45) is 0 Å². The molecule has 2 N–H and O–H groups in total. The zero-order valence-corrected chi connectivity index (χ0v) is 9.78. The second kappa shape index (κ2) is 4.92. The molecule has 0 saturated carbocycles. The quantitative estimate of drug-likeness (QED) is 0.291. The lowest BCUT2D eigenvalue weighted by Crippen LogP contribution is -2.03. The van der Waals surface area contributed by atoms with E-state index in [2.05, 4.69) is 4.98 Å². The Bertz CT molecular complexity index is 717. The van der Waals surface area contributed by atoms with Crippen LogP contribution in [0.5, 0.6) is 11.5 Å². The molecule has 0 fully saturated rings. The molecule has 0 bridgehead atoms. The van der Waals surface area contributed by atoms with Gasteiger partial charge in [-0.2, -0.15) is 4.39 Å². The third-order valence-electron chi connectivity index (χ3n) is 2.52. The summed E-state index contributed by atoms with van der Waals surface area (Å²) in [6.45, 7) is 0. The van der Waals surface area contributed by atoms with Crippen LogP contribution >= 0.6 is 0 Å². The van der Waals surface area contributed by atoms with Crippen molar-refractivity contribution in [2.45, 2.75) is 0 Å². The number of halogens is 1. The first-order chi connectivity index (χ1) is 9.40. The number of carbonyl (C=O) groups excluding carboxylic acids is 1. The fourth-order valence-corrected chi connectivity index (χ4v) is 1.58. The molecule has 1 aromatic heterocycles. The number of nitrogens with zero attached hydrogens (tertiary/aromatic N) is 2. The Morgan fingerprint density at radius 3 is 2.55 bits per heavy atom. The summed E-state index contributed by atoms with van der Waals surface area (Å²) in [4.78, 5) is 25.1. The summed E-state index contributed by atoms with van der Waals surface area (Å²) >= 11 is 0. The van der Waals surface area contributed by atoms with Crippen LogP contribution in [0.2, 0.25) is 0 Å². The number of carbonyl (C=O) groups is 1. The summed E-state index contributed by atoms with van der Waals surface area (Å²) in [5, 5.41) is 29.4. The van der Waals surface area contributed by atoms with Crippen LogP contribution in [0.15, 0.2) is 30.5 Å². The van der Waals surface area contributed by atoms with Crippen molar-refractivity contribution in [1.29, 1.82) is 0 Å². The van der Waals surface area contributed by atoms with E-state index in [0.717, 1.165) is 24.4 Å². The van der Waals surface area contributed by atoms with E-state index in [0.29, 0.717) is 0 Å². The first kappa shape index (κ1) is 13.4. The van der Waals surface area contributed by atoms with Crippen LogP contribution in [0.1, 0.15) is 15.9 Å². The molecule has 0 radical (unpaired) electrons. The first-order valence-electron chi connectivity index (χ1n) is 5.26. The molecule has 102 valence electrons. The van der Waals surface area contributed by atoms with Crippen LogP contribution < -0.4 is 0 Å². The zero-order chi connectivity index (χ0) is 14.9. The summed E-state index contributed by atoms with van der Waals surface area (Å²) in [6, 6.07) is 3.75. The molecule has 0 spiro atoms. The number of nitro groups is 1. The van der Waals surface area contributed by atoms with E-state index in [-0.39, 0.29) is 11.1 Å². The van der Waals surface area contributed by atoms with Gasteiger partial charge in [-0.1, -0.05) is 0 Å². The Balaban J connectivity index is 2.53. The van der Waals surface area contributed by atoms with Crippen LogP contribution in [0.3, 0.4) is 0 Å². The first-order valence-corrected chi connectivity index (χ1v) is 5.26. The summed E-state index contributed by atoms with van der Waals surface area (Å²) in [5.41, 5.74) is -1.16. The van der Waals surface area contributed by atoms with Gasteiger partial charge in [0.1, 0.15) is 0 Å². The molecular weight excluding hydrogens is 271 g/mol. The number of ketones is 1. The molecule has 1 aromatic carbocycles. The maximum Gasteiger partial charge on any atom is 0.315 e. The van der Waals surface area contributed by atoms with Gasteiger partial charge in [-0.25, -0.2) is 4.98 Å². The molecule has 0 atom stereocenters. The van der Waals surface area contributed by atoms with Gasteiger partial charge in [-0.05, 0) is 12.1 Å². The van der Waals surface area contributed by atoms with Crippen LogP contribution in [0, 0.1) is 16.1 Å². The number of phenols is 2. The van der Waals surface area contributed by atoms with E-state index in [1.54, 1.807) is 0 Å². The van der Waals surface area contributed by atoms with Gasteiger partial charge < -0.3 is 10.2 Å². The number of benzene rings is 1. The maximum absolute atomic E-state index is 12.9. The maximum atomic E-state index is 12.9. The molecule has 0 amide bonds. The summed E-state index contributed by atoms with van der Waals surface area (Å²) in [5.74, 6) is -3.37. The van der Waals surface area contributed by atoms with E-state index in [1.807, 2.05) is 0 Å². The fourth-order valence-electron chi connectivity index (χ4n) is 1.58. The average molecular weight is 278 g/mol. The normalized spacial score (nSPS) is 10.2. The minimum Gasteiger partial charge on any atom is -0.504 e. The molecule has 0 aliphatic carbocycles. The molecule has 7 nitrogen and oxygen atoms in total. The lowest BCUT2D eigenvalue weighted by molar-refractivity contribution is -0.386. The van der Waals surface area contributed by atoms with E-state index in [4.69, 9.17) is 0 Å². The zero-order valence-electron chi connectivity index (χ0n) is 9.78. The number of hydrogen-bond donors (Lipinski definition) is 2. The molecule has 0 aliphatic heterocycles. The van der Waals surface area contributed by atoms with E-state index in [1.165, 1.54) is 6.07 Å². The second-order valence-electron chi connectivity index (χ2n) is 3.82. The third-order valence-corrected chi connectivity index (χ3v) is 2.52. The molecule has 2 aromatic rings. The molecule has 20 heavy (non-hydrogen) atoms. The standard InChI is InChI=1S/C12H7FN2O5/c13-10-5-6(1-2-14-10)11(17)7-3-8(15(19)20)12(18)9(16)4-7/h1-5,16,18H. The van der Waals surface area contributed by atoms with E-state index < -0.39 is 33.8 Å². The molecule has 8 heteroatoms.